The molecule has 0 heterocycles. The molecule has 0 aromatic heterocycles. The molecule has 0 bridgehead atoms. The van der Waals surface area contributed by atoms with Gasteiger partial charge in [-0.2, -0.15) is 0 Å². The number of carbonyl (C=O) groups excluding carboxylic acids is 1. The number of hydrogen-bond acceptors (Lipinski definition) is 3. The molecule has 4 heteroatoms. The van der Waals surface area contributed by atoms with Crippen molar-refractivity contribution in [2.24, 2.45) is 10.4 Å². The minimum absolute atomic E-state index is 0.122. The Balaban J connectivity index is 2.45. The molecule has 2 N–H and O–H groups in total. The van der Waals surface area contributed by atoms with Gasteiger partial charge in [-0.05, 0) is 44.7 Å². The zero-order chi connectivity index (χ0) is 17.3. The monoisotopic (exact) mass is 314 g/mol. The van der Waals surface area contributed by atoms with Gasteiger partial charge in [0.05, 0.1) is 17.0 Å². The molecule has 0 unspecified atom stereocenters. The fourth-order valence-corrected chi connectivity index (χ4v) is 2.73. The van der Waals surface area contributed by atoms with Gasteiger partial charge in [0.15, 0.2) is 0 Å². The van der Waals surface area contributed by atoms with Gasteiger partial charge in [0.2, 0.25) is 0 Å². The Morgan fingerprint density at radius 3 is 2.35 bits per heavy atom. The number of aliphatic imine (C=N–C) groups is 1. The van der Waals surface area contributed by atoms with Crippen LogP contribution in [0.3, 0.4) is 0 Å². The van der Waals surface area contributed by atoms with Crippen LogP contribution in [0.25, 0.3) is 0 Å². The highest BCUT2D eigenvalue weighted by Crippen LogP contribution is 2.37. The summed E-state index contributed by atoms with van der Waals surface area (Å²) in [5.41, 5.74) is 1.27. The third-order valence-electron chi connectivity index (χ3n) is 3.61. The molecule has 4 nitrogen and oxygen atoms in total. The number of rotatable bonds is 2. The maximum Gasteiger partial charge on any atom is 0.256 e. The van der Waals surface area contributed by atoms with Gasteiger partial charge in [0, 0.05) is 12.0 Å². The molecular weight excluding hydrogens is 288 g/mol. The van der Waals surface area contributed by atoms with Crippen LogP contribution in [0, 0.1) is 5.41 Å². The van der Waals surface area contributed by atoms with Crippen LogP contribution in [0.4, 0.5) is 5.69 Å². The van der Waals surface area contributed by atoms with E-state index in [1.54, 1.807) is 0 Å². The summed E-state index contributed by atoms with van der Waals surface area (Å²) in [6.45, 7) is 9.90. The molecule has 0 spiro atoms. The van der Waals surface area contributed by atoms with Gasteiger partial charge in [0.25, 0.3) is 5.91 Å². The van der Waals surface area contributed by atoms with Gasteiger partial charge in [-0.15, -0.1) is 0 Å². The Morgan fingerprint density at radius 1 is 1.17 bits per heavy atom. The molecule has 0 radical (unpaired) electrons. The van der Waals surface area contributed by atoms with Crippen molar-refractivity contribution in [3.63, 3.8) is 0 Å². The van der Waals surface area contributed by atoms with Gasteiger partial charge in [-0.3, -0.25) is 9.79 Å². The molecule has 1 aromatic rings. The summed E-state index contributed by atoms with van der Waals surface area (Å²) < 4.78 is 0. The van der Waals surface area contributed by atoms with E-state index in [0.717, 1.165) is 5.69 Å². The van der Waals surface area contributed by atoms with Gasteiger partial charge in [-0.1, -0.05) is 32.0 Å². The lowest BCUT2D eigenvalue weighted by Gasteiger charge is -2.32. The smallest absolute Gasteiger partial charge is 0.256 e. The predicted molar refractivity (Wildman–Crippen MR) is 94.1 cm³/mol. The van der Waals surface area contributed by atoms with Crippen LogP contribution in [-0.4, -0.2) is 22.3 Å². The SMILES string of the molecule is CC1(C)CC(=Nc2ccccc2)C(C(=O)NC(C)(C)C)=C(O)C1. The fraction of sp³-hybridized carbons (Fsp3) is 0.474. The Hall–Kier alpha value is -2.10. The number of aliphatic hydroxyl groups excluding tert-OH is 1. The minimum atomic E-state index is -0.366. The quantitative estimate of drug-likeness (QED) is 0.854. The first-order valence-electron chi connectivity index (χ1n) is 7.95. The van der Waals surface area contributed by atoms with E-state index in [-0.39, 0.29) is 22.6 Å². The summed E-state index contributed by atoms with van der Waals surface area (Å²) in [5.74, 6) is -0.141. The van der Waals surface area contributed by atoms with Crippen molar-refractivity contribution in [3.05, 3.63) is 41.7 Å². The second-order valence-corrected chi connectivity index (χ2v) is 7.94. The third-order valence-corrected chi connectivity index (χ3v) is 3.61. The highest BCUT2D eigenvalue weighted by atomic mass is 16.3. The summed E-state index contributed by atoms with van der Waals surface area (Å²) in [4.78, 5) is 17.3. The maximum atomic E-state index is 12.6. The van der Waals surface area contributed by atoms with Crippen LogP contribution in [0.15, 0.2) is 46.7 Å². The molecule has 0 atom stereocenters. The number of allylic oxidation sites excluding steroid dienone is 1. The van der Waals surface area contributed by atoms with Crippen molar-refractivity contribution >= 4 is 17.3 Å². The van der Waals surface area contributed by atoms with E-state index < -0.39 is 0 Å². The van der Waals surface area contributed by atoms with Crippen LogP contribution in [0.5, 0.6) is 0 Å². The lowest BCUT2D eigenvalue weighted by Crippen LogP contribution is -2.44. The number of para-hydroxylation sites is 1. The first-order valence-corrected chi connectivity index (χ1v) is 7.95. The van der Waals surface area contributed by atoms with Gasteiger partial charge < -0.3 is 10.4 Å². The van der Waals surface area contributed by atoms with Crippen LogP contribution < -0.4 is 5.32 Å². The standard InChI is InChI=1S/C19H26N2O2/c1-18(2,3)21-17(23)16-14(11-19(4,5)12-15(16)22)20-13-9-7-6-8-10-13/h6-10,22H,11-12H2,1-5H3,(H,21,23). The van der Waals surface area contributed by atoms with E-state index in [1.807, 2.05) is 51.1 Å². The molecule has 0 saturated carbocycles. The Labute approximate surface area is 138 Å². The zero-order valence-electron chi connectivity index (χ0n) is 14.6. The number of benzene rings is 1. The highest BCUT2D eigenvalue weighted by Gasteiger charge is 2.35. The van der Waals surface area contributed by atoms with E-state index >= 15 is 0 Å². The minimum Gasteiger partial charge on any atom is -0.511 e. The molecule has 0 saturated heterocycles. The van der Waals surface area contributed by atoms with Gasteiger partial charge in [0.1, 0.15) is 5.76 Å². The largest absolute Gasteiger partial charge is 0.511 e. The Morgan fingerprint density at radius 2 is 1.78 bits per heavy atom. The number of aliphatic hydroxyl groups is 1. The number of nitrogens with one attached hydrogen (secondary N) is 1. The van der Waals surface area contributed by atoms with Crippen molar-refractivity contribution in [1.82, 2.24) is 5.32 Å². The molecule has 2 rings (SSSR count). The average molecular weight is 314 g/mol. The summed E-state index contributed by atoms with van der Waals surface area (Å²) >= 11 is 0. The molecule has 124 valence electrons. The van der Waals surface area contributed by atoms with E-state index in [0.29, 0.717) is 24.1 Å². The summed E-state index contributed by atoms with van der Waals surface area (Å²) in [6, 6.07) is 9.53. The first kappa shape index (κ1) is 17.3. The van der Waals surface area contributed by atoms with Crippen LogP contribution >= 0.6 is 0 Å². The van der Waals surface area contributed by atoms with Crippen molar-refractivity contribution < 1.29 is 9.90 Å². The normalized spacial score (nSPS) is 19.8. The van der Waals surface area contributed by atoms with E-state index in [2.05, 4.69) is 24.2 Å². The maximum absolute atomic E-state index is 12.6. The Kier molecular flexibility index (Phi) is 4.64. The number of carbonyl (C=O) groups is 1. The topological polar surface area (TPSA) is 61.7 Å². The second kappa shape index (κ2) is 6.19. The van der Waals surface area contributed by atoms with Crippen LogP contribution in [0.2, 0.25) is 0 Å². The molecule has 1 aliphatic rings. The number of amides is 1. The Bertz CT molecular complexity index is 650. The zero-order valence-corrected chi connectivity index (χ0v) is 14.6. The van der Waals surface area contributed by atoms with Crippen molar-refractivity contribution in [3.8, 4) is 0 Å². The highest BCUT2D eigenvalue weighted by molar-refractivity contribution is 6.23. The second-order valence-electron chi connectivity index (χ2n) is 7.94. The van der Waals surface area contributed by atoms with Gasteiger partial charge in [-0.25, -0.2) is 0 Å². The van der Waals surface area contributed by atoms with Crippen molar-refractivity contribution in [1.29, 1.82) is 0 Å². The van der Waals surface area contributed by atoms with E-state index in [4.69, 9.17) is 0 Å². The van der Waals surface area contributed by atoms with E-state index in [1.165, 1.54) is 0 Å². The van der Waals surface area contributed by atoms with E-state index in [9.17, 15) is 9.90 Å². The van der Waals surface area contributed by atoms with Crippen LogP contribution in [-0.2, 0) is 4.79 Å². The molecule has 0 fully saturated rings. The first-order chi connectivity index (χ1) is 10.6. The molecule has 0 aliphatic heterocycles. The molecule has 1 aliphatic carbocycles. The molecule has 1 amide bonds. The number of hydrogen-bond donors (Lipinski definition) is 2. The van der Waals surface area contributed by atoms with Crippen molar-refractivity contribution in [2.75, 3.05) is 0 Å². The fourth-order valence-electron chi connectivity index (χ4n) is 2.73. The molecule has 23 heavy (non-hydrogen) atoms. The van der Waals surface area contributed by atoms with Crippen LogP contribution in [0.1, 0.15) is 47.5 Å². The summed E-state index contributed by atoms with van der Waals surface area (Å²) in [5, 5.41) is 13.4. The molecule has 1 aromatic carbocycles. The lowest BCUT2D eigenvalue weighted by atomic mass is 9.75. The third kappa shape index (κ3) is 4.68. The average Bonchev–Trinajstić information content (AvgIpc) is 2.35. The predicted octanol–water partition coefficient (Wildman–Crippen LogP) is 4.31. The van der Waals surface area contributed by atoms with Gasteiger partial charge >= 0.3 is 0 Å². The summed E-state index contributed by atoms with van der Waals surface area (Å²) in [7, 11) is 0. The lowest BCUT2D eigenvalue weighted by molar-refractivity contribution is -0.118. The molecular formula is C19H26N2O2. The van der Waals surface area contributed by atoms with Crippen molar-refractivity contribution in [2.45, 2.75) is 53.0 Å². The summed E-state index contributed by atoms with van der Waals surface area (Å²) in [6.07, 6.45) is 1.13. The number of nitrogens with zero attached hydrogens (tertiary/aromatic N) is 1.